The molecule has 0 aliphatic carbocycles. The van der Waals surface area contributed by atoms with Crippen molar-refractivity contribution >= 4 is 17.3 Å². The molecule has 0 amide bonds. The number of methoxy groups -OCH3 is 1. The molecule has 0 saturated carbocycles. The Kier molecular flexibility index (Phi) is 4.86. The number of halogens is 1. The summed E-state index contributed by atoms with van der Waals surface area (Å²) in [5.41, 5.74) is 2.55. The minimum absolute atomic E-state index is 0.467. The topological polar surface area (TPSA) is 45.0 Å². The molecule has 0 heterocycles. The van der Waals surface area contributed by atoms with Crippen molar-refractivity contribution in [1.82, 2.24) is 0 Å². The van der Waals surface area contributed by atoms with Crippen LogP contribution in [-0.2, 0) is 6.42 Å². The predicted octanol–water partition coefficient (Wildman–Crippen LogP) is 3.87. The number of rotatable bonds is 5. The first-order valence-corrected chi connectivity index (χ1v) is 6.68. The lowest BCUT2D eigenvalue weighted by Gasteiger charge is -2.10. The van der Waals surface area contributed by atoms with Crippen LogP contribution in [0.2, 0.25) is 5.02 Å². The second-order valence-corrected chi connectivity index (χ2v) is 4.70. The van der Waals surface area contributed by atoms with Gasteiger partial charge in [-0.2, -0.15) is 5.26 Å². The SMILES string of the molecule is COc1ccccc1CCNc1ccc(C#N)c(Cl)c1. The highest BCUT2D eigenvalue weighted by atomic mass is 35.5. The summed E-state index contributed by atoms with van der Waals surface area (Å²) in [5, 5.41) is 12.6. The van der Waals surface area contributed by atoms with E-state index in [2.05, 4.69) is 5.32 Å². The van der Waals surface area contributed by atoms with Crippen molar-refractivity contribution in [2.24, 2.45) is 0 Å². The van der Waals surface area contributed by atoms with E-state index in [0.717, 1.165) is 30.0 Å². The number of nitrogens with one attached hydrogen (secondary N) is 1. The molecule has 0 aliphatic rings. The summed E-state index contributed by atoms with van der Waals surface area (Å²) in [6, 6.07) is 15.3. The molecular weight excluding hydrogens is 272 g/mol. The van der Waals surface area contributed by atoms with Gasteiger partial charge in [0, 0.05) is 12.2 Å². The molecule has 2 rings (SSSR count). The number of hydrogen-bond acceptors (Lipinski definition) is 3. The van der Waals surface area contributed by atoms with Crippen LogP contribution in [0.5, 0.6) is 5.75 Å². The Balaban J connectivity index is 1.96. The highest BCUT2D eigenvalue weighted by Crippen LogP contribution is 2.21. The van der Waals surface area contributed by atoms with Gasteiger partial charge in [0.25, 0.3) is 0 Å². The number of para-hydroxylation sites is 1. The number of hydrogen-bond donors (Lipinski definition) is 1. The fourth-order valence-corrected chi connectivity index (χ4v) is 2.19. The molecule has 1 N–H and O–H groups in total. The molecule has 0 saturated heterocycles. The van der Waals surface area contributed by atoms with Gasteiger partial charge in [-0.25, -0.2) is 0 Å². The third-order valence-electron chi connectivity index (χ3n) is 3.01. The minimum Gasteiger partial charge on any atom is -0.496 e. The monoisotopic (exact) mass is 286 g/mol. The van der Waals surface area contributed by atoms with E-state index in [1.165, 1.54) is 0 Å². The summed E-state index contributed by atoms with van der Waals surface area (Å²) in [7, 11) is 1.67. The lowest BCUT2D eigenvalue weighted by molar-refractivity contribution is 0.410. The Labute approximate surface area is 123 Å². The molecule has 2 aromatic rings. The Morgan fingerprint density at radius 1 is 1.25 bits per heavy atom. The third-order valence-corrected chi connectivity index (χ3v) is 3.32. The van der Waals surface area contributed by atoms with E-state index in [1.54, 1.807) is 19.2 Å². The molecule has 0 fully saturated rings. The van der Waals surface area contributed by atoms with Crippen molar-refractivity contribution in [2.45, 2.75) is 6.42 Å². The molecule has 0 radical (unpaired) electrons. The number of nitrogens with zero attached hydrogens (tertiary/aromatic N) is 1. The smallest absolute Gasteiger partial charge is 0.122 e. The molecule has 2 aromatic carbocycles. The van der Waals surface area contributed by atoms with Crippen LogP contribution in [0.3, 0.4) is 0 Å². The molecule has 3 nitrogen and oxygen atoms in total. The molecule has 0 spiro atoms. The van der Waals surface area contributed by atoms with Gasteiger partial charge >= 0.3 is 0 Å². The lowest BCUT2D eigenvalue weighted by atomic mass is 10.1. The van der Waals surface area contributed by atoms with Crippen molar-refractivity contribution in [3.05, 3.63) is 58.6 Å². The highest BCUT2D eigenvalue weighted by molar-refractivity contribution is 6.32. The van der Waals surface area contributed by atoms with Crippen LogP contribution < -0.4 is 10.1 Å². The second-order valence-electron chi connectivity index (χ2n) is 4.30. The second kappa shape index (κ2) is 6.83. The zero-order chi connectivity index (χ0) is 14.4. The number of benzene rings is 2. The van der Waals surface area contributed by atoms with Gasteiger partial charge in [-0.3, -0.25) is 0 Å². The normalized spacial score (nSPS) is 9.85. The fraction of sp³-hybridized carbons (Fsp3) is 0.188. The van der Waals surface area contributed by atoms with Gasteiger partial charge in [0.05, 0.1) is 17.7 Å². The lowest BCUT2D eigenvalue weighted by Crippen LogP contribution is -2.06. The largest absolute Gasteiger partial charge is 0.496 e. The summed E-state index contributed by atoms with van der Waals surface area (Å²) >= 11 is 5.99. The highest BCUT2D eigenvalue weighted by Gasteiger charge is 2.03. The van der Waals surface area contributed by atoms with Crippen molar-refractivity contribution in [1.29, 1.82) is 5.26 Å². The van der Waals surface area contributed by atoms with E-state index >= 15 is 0 Å². The first-order valence-electron chi connectivity index (χ1n) is 6.30. The van der Waals surface area contributed by atoms with Crippen molar-refractivity contribution in [3.63, 3.8) is 0 Å². The Morgan fingerprint density at radius 2 is 2.05 bits per heavy atom. The predicted molar refractivity (Wildman–Crippen MR) is 81.4 cm³/mol. The molecule has 4 heteroatoms. The zero-order valence-electron chi connectivity index (χ0n) is 11.2. The molecule has 0 aliphatic heterocycles. The molecule has 0 unspecified atom stereocenters. The summed E-state index contributed by atoms with van der Waals surface area (Å²) in [6.07, 6.45) is 0.849. The summed E-state index contributed by atoms with van der Waals surface area (Å²) in [5.74, 6) is 0.896. The van der Waals surface area contributed by atoms with Crippen molar-refractivity contribution < 1.29 is 4.74 Å². The fourth-order valence-electron chi connectivity index (χ4n) is 1.97. The van der Waals surface area contributed by atoms with Gasteiger partial charge in [0.1, 0.15) is 11.8 Å². The van der Waals surface area contributed by atoms with E-state index in [4.69, 9.17) is 21.6 Å². The van der Waals surface area contributed by atoms with Crippen LogP contribution in [0.15, 0.2) is 42.5 Å². The van der Waals surface area contributed by atoms with Crippen LogP contribution in [0, 0.1) is 11.3 Å². The van der Waals surface area contributed by atoms with Gasteiger partial charge in [0.15, 0.2) is 0 Å². The maximum absolute atomic E-state index is 8.82. The molecule has 0 aromatic heterocycles. The summed E-state index contributed by atoms with van der Waals surface area (Å²) < 4.78 is 5.31. The van der Waals surface area contributed by atoms with Gasteiger partial charge in [-0.05, 0) is 36.2 Å². The van der Waals surface area contributed by atoms with E-state index in [1.807, 2.05) is 36.4 Å². The molecule has 102 valence electrons. The number of ether oxygens (including phenoxy) is 1. The van der Waals surface area contributed by atoms with Gasteiger partial charge in [-0.1, -0.05) is 29.8 Å². The van der Waals surface area contributed by atoms with Crippen LogP contribution in [0.25, 0.3) is 0 Å². The molecule has 0 bridgehead atoms. The van der Waals surface area contributed by atoms with E-state index in [0.29, 0.717) is 10.6 Å². The average Bonchev–Trinajstić information content (AvgIpc) is 2.48. The zero-order valence-corrected chi connectivity index (χ0v) is 11.9. The van der Waals surface area contributed by atoms with E-state index < -0.39 is 0 Å². The number of nitriles is 1. The van der Waals surface area contributed by atoms with Crippen LogP contribution >= 0.6 is 11.6 Å². The van der Waals surface area contributed by atoms with Gasteiger partial charge in [0.2, 0.25) is 0 Å². The maximum atomic E-state index is 8.82. The number of anilines is 1. The summed E-state index contributed by atoms with van der Waals surface area (Å²) in [4.78, 5) is 0. The Hall–Kier alpha value is -2.18. The maximum Gasteiger partial charge on any atom is 0.122 e. The molecule has 20 heavy (non-hydrogen) atoms. The Bertz CT molecular complexity index is 635. The minimum atomic E-state index is 0.467. The quantitative estimate of drug-likeness (QED) is 0.907. The van der Waals surface area contributed by atoms with E-state index in [-0.39, 0.29) is 0 Å². The molecule has 0 atom stereocenters. The van der Waals surface area contributed by atoms with Crippen LogP contribution in [-0.4, -0.2) is 13.7 Å². The first-order chi connectivity index (χ1) is 9.74. The summed E-state index contributed by atoms with van der Waals surface area (Å²) in [6.45, 7) is 0.766. The van der Waals surface area contributed by atoms with Crippen molar-refractivity contribution in [2.75, 3.05) is 19.0 Å². The van der Waals surface area contributed by atoms with Crippen LogP contribution in [0.4, 0.5) is 5.69 Å². The van der Waals surface area contributed by atoms with Crippen molar-refractivity contribution in [3.8, 4) is 11.8 Å². The van der Waals surface area contributed by atoms with Crippen LogP contribution in [0.1, 0.15) is 11.1 Å². The standard InChI is InChI=1S/C16H15ClN2O/c1-20-16-5-3-2-4-12(16)8-9-19-14-7-6-13(11-18)15(17)10-14/h2-7,10,19H,8-9H2,1H3. The average molecular weight is 287 g/mol. The van der Waals surface area contributed by atoms with Gasteiger partial charge in [-0.15, -0.1) is 0 Å². The van der Waals surface area contributed by atoms with Gasteiger partial charge < -0.3 is 10.1 Å². The molecular formula is C16H15ClN2O. The third kappa shape index (κ3) is 3.43. The Morgan fingerprint density at radius 3 is 2.75 bits per heavy atom. The van der Waals surface area contributed by atoms with E-state index in [9.17, 15) is 0 Å². The first kappa shape index (κ1) is 14.2.